The van der Waals surface area contributed by atoms with Gasteiger partial charge in [0.25, 0.3) is 0 Å². The van der Waals surface area contributed by atoms with E-state index >= 15 is 0 Å². The highest BCUT2D eigenvalue weighted by atomic mass is 16.6. The van der Waals surface area contributed by atoms with Crippen LogP contribution in [-0.4, -0.2) is 43.3 Å². The SMILES string of the molecule is CC(C)(C)N(CCc1ccccc1)C(=O)Oc1nnn(Cc2ccccc2)n1. The molecule has 0 aliphatic heterocycles. The van der Waals surface area contributed by atoms with Crippen molar-refractivity contribution in [2.45, 2.75) is 39.3 Å². The molecule has 0 saturated carbocycles. The first kappa shape index (κ1) is 19.5. The molecule has 0 unspecified atom stereocenters. The van der Waals surface area contributed by atoms with Crippen LogP contribution in [0.25, 0.3) is 0 Å². The third-order valence-electron chi connectivity index (χ3n) is 4.28. The smallest absolute Gasteiger partial charge is 0.372 e. The van der Waals surface area contributed by atoms with E-state index in [1.165, 1.54) is 4.80 Å². The van der Waals surface area contributed by atoms with Crippen molar-refractivity contribution >= 4 is 6.09 Å². The van der Waals surface area contributed by atoms with Crippen LogP contribution in [0.3, 0.4) is 0 Å². The number of tetrazole rings is 1. The van der Waals surface area contributed by atoms with Gasteiger partial charge in [-0.15, -0.1) is 0 Å². The number of aromatic nitrogens is 4. The first-order valence-electron chi connectivity index (χ1n) is 9.27. The lowest BCUT2D eigenvalue weighted by Gasteiger charge is -2.34. The zero-order valence-electron chi connectivity index (χ0n) is 16.4. The summed E-state index contributed by atoms with van der Waals surface area (Å²) in [6.07, 6.45) is 0.254. The van der Waals surface area contributed by atoms with Crippen molar-refractivity contribution in [2.24, 2.45) is 0 Å². The summed E-state index contributed by atoms with van der Waals surface area (Å²) in [6.45, 7) is 6.91. The van der Waals surface area contributed by atoms with Crippen molar-refractivity contribution < 1.29 is 9.53 Å². The molecule has 1 aromatic heterocycles. The predicted octanol–water partition coefficient (Wildman–Crippen LogP) is 3.56. The minimum Gasteiger partial charge on any atom is -0.372 e. The van der Waals surface area contributed by atoms with Crippen LogP contribution in [0.15, 0.2) is 60.7 Å². The topological polar surface area (TPSA) is 73.1 Å². The quantitative estimate of drug-likeness (QED) is 0.655. The summed E-state index contributed by atoms with van der Waals surface area (Å²) in [7, 11) is 0. The standard InChI is InChI=1S/C21H25N5O2/c1-21(2,3)25(15-14-17-10-6-4-7-11-17)20(27)28-19-22-24-26(23-19)16-18-12-8-5-9-13-18/h4-13H,14-16H2,1-3H3. The molecule has 0 bridgehead atoms. The van der Waals surface area contributed by atoms with Crippen LogP contribution in [0.1, 0.15) is 31.9 Å². The third kappa shape index (κ3) is 5.39. The number of carbonyl (C=O) groups excluding carboxylic acids is 1. The molecule has 3 rings (SSSR count). The van der Waals surface area contributed by atoms with Crippen molar-refractivity contribution in [3.63, 3.8) is 0 Å². The molecule has 0 spiro atoms. The number of benzene rings is 2. The van der Waals surface area contributed by atoms with Crippen molar-refractivity contribution in [3.8, 4) is 6.01 Å². The number of ether oxygens (including phenoxy) is 1. The summed E-state index contributed by atoms with van der Waals surface area (Å²) in [4.78, 5) is 15.8. The number of hydrogen-bond donors (Lipinski definition) is 0. The molecule has 0 fully saturated rings. The molecular weight excluding hydrogens is 354 g/mol. The van der Waals surface area contributed by atoms with Gasteiger partial charge >= 0.3 is 12.1 Å². The zero-order valence-corrected chi connectivity index (χ0v) is 16.4. The molecule has 0 aliphatic carbocycles. The minimum absolute atomic E-state index is 0.0464. The lowest BCUT2D eigenvalue weighted by atomic mass is 10.1. The van der Waals surface area contributed by atoms with E-state index in [-0.39, 0.29) is 6.01 Å². The number of amides is 1. The highest BCUT2D eigenvalue weighted by molar-refractivity contribution is 5.70. The minimum atomic E-state index is -0.484. The van der Waals surface area contributed by atoms with Crippen molar-refractivity contribution in [2.75, 3.05) is 6.54 Å². The largest absolute Gasteiger partial charge is 0.418 e. The molecular formula is C21H25N5O2. The maximum atomic E-state index is 12.7. The van der Waals surface area contributed by atoms with E-state index in [0.29, 0.717) is 13.1 Å². The highest BCUT2D eigenvalue weighted by Gasteiger charge is 2.28. The summed E-state index contributed by atoms with van der Waals surface area (Å²) in [5.74, 6) is 0. The van der Waals surface area contributed by atoms with E-state index in [2.05, 4.69) is 15.4 Å². The van der Waals surface area contributed by atoms with Gasteiger partial charge in [-0.2, -0.15) is 4.80 Å². The molecule has 0 radical (unpaired) electrons. The van der Waals surface area contributed by atoms with Crippen LogP contribution in [-0.2, 0) is 13.0 Å². The van der Waals surface area contributed by atoms with Crippen LogP contribution in [0, 0.1) is 0 Å². The first-order valence-corrected chi connectivity index (χ1v) is 9.27. The van der Waals surface area contributed by atoms with E-state index < -0.39 is 11.6 Å². The van der Waals surface area contributed by atoms with Gasteiger partial charge in [0.05, 0.1) is 6.54 Å². The molecule has 1 amide bonds. The van der Waals surface area contributed by atoms with Gasteiger partial charge in [-0.25, -0.2) is 4.79 Å². The predicted molar refractivity (Wildman–Crippen MR) is 106 cm³/mol. The van der Waals surface area contributed by atoms with Gasteiger partial charge in [-0.1, -0.05) is 70.9 Å². The van der Waals surface area contributed by atoms with Gasteiger partial charge in [0.15, 0.2) is 0 Å². The monoisotopic (exact) mass is 379 g/mol. The molecule has 0 N–H and O–H groups in total. The Kier molecular flexibility index (Phi) is 6.03. The van der Waals surface area contributed by atoms with Gasteiger partial charge < -0.3 is 9.64 Å². The molecule has 3 aromatic rings. The molecule has 0 aliphatic rings. The van der Waals surface area contributed by atoms with Crippen molar-refractivity contribution in [1.82, 2.24) is 25.1 Å². The van der Waals surface area contributed by atoms with Crippen molar-refractivity contribution in [1.29, 1.82) is 0 Å². The Morgan fingerprint density at radius 2 is 1.61 bits per heavy atom. The fraction of sp³-hybridized carbons (Fsp3) is 0.333. The molecule has 2 aromatic carbocycles. The fourth-order valence-electron chi connectivity index (χ4n) is 2.80. The third-order valence-corrected chi connectivity index (χ3v) is 4.28. The normalized spacial score (nSPS) is 11.2. The lowest BCUT2D eigenvalue weighted by Crippen LogP contribution is -2.48. The first-order chi connectivity index (χ1) is 13.4. The van der Waals surface area contributed by atoms with E-state index in [1.807, 2.05) is 81.4 Å². The van der Waals surface area contributed by atoms with E-state index in [1.54, 1.807) is 4.90 Å². The second kappa shape index (κ2) is 8.65. The molecule has 0 atom stereocenters. The van der Waals surface area contributed by atoms with Gasteiger partial charge in [0.1, 0.15) is 0 Å². The highest BCUT2D eigenvalue weighted by Crippen LogP contribution is 2.17. The summed E-state index contributed by atoms with van der Waals surface area (Å²) < 4.78 is 5.39. The fourth-order valence-corrected chi connectivity index (χ4v) is 2.80. The van der Waals surface area contributed by atoms with Crippen LogP contribution < -0.4 is 4.74 Å². The maximum Gasteiger partial charge on any atom is 0.418 e. The Morgan fingerprint density at radius 3 is 2.21 bits per heavy atom. The van der Waals surface area contributed by atoms with Gasteiger partial charge in [-0.05, 0) is 43.5 Å². The van der Waals surface area contributed by atoms with Gasteiger partial charge in [-0.3, -0.25) is 0 Å². The Hall–Kier alpha value is -3.22. The zero-order chi connectivity index (χ0) is 20.0. The number of nitrogens with zero attached hydrogens (tertiary/aromatic N) is 5. The van der Waals surface area contributed by atoms with Crippen LogP contribution in [0.5, 0.6) is 6.01 Å². The summed E-state index contributed by atoms with van der Waals surface area (Å²) >= 11 is 0. The summed E-state index contributed by atoms with van der Waals surface area (Å²) in [5.41, 5.74) is 1.81. The number of hydrogen-bond acceptors (Lipinski definition) is 5. The lowest BCUT2D eigenvalue weighted by molar-refractivity contribution is 0.104. The van der Waals surface area contributed by atoms with Crippen LogP contribution >= 0.6 is 0 Å². The van der Waals surface area contributed by atoms with Gasteiger partial charge in [0.2, 0.25) is 0 Å². The average molecular weight is 379 g/mol. The van der Waals surface area contributed by atoms with Gasteiger partial charge in [0, 0.05) is 12.1 Å². The molecule has 7 heteroatoms. The molecule has 1 heterocycles. The van der Waals surface area contributed by atoms with Crippen molar-refractivity contribution in [3.05, 3.63) is 71.8 Å². The Bertz CT molecular complexity index is 888. The Labute approximate surface area is 164 Å². The summed E-state index contributed by atoms with van der Waals surface area (Å²) in [6, 6.07) is 19.8. The average Bonchev–Trinajstić information content (AvgIpc) is 3.09. The van der Waals surface area contributed by atoms with Crippen LogP contribution in [0.4, 0.5) is 4.79 Å². The van der Waals surface area contributed by atoms with E-state index in [4.69, 9.17) is 4.74 Å². The number of rotatable bonds is 6. The molecule has 28 heavy (non-hydrogen) atoms. The van der Waals surface area contributed by atoms with E-state index in [9.17, 15) is 4.79 Å². The second-order valence-electron chi connectivity index (χ2n) is 7.51. The molecule has 0 saturated heterocycles. The second-order valence-corrected chi connectivity index (χ2v) is 7.51. The number of carbonyl (C=O) groups is 1. The van der Waals surface area contributed by atoms with E-state index in [0.717, 1.165) is 17.5 Å². The Morgan fingerprint density at radius 1 is 1.00 bits per heavy atom. The molecule has 7 nitrogen and oxygen atoms in total. The maximum absolute atomic E-state index is 12.7. The summed E-state index contributed by atoms with van der Waals surface area (Å²) in [5, 5.41) is 12.0. The van der Waals surface area contributed by atoms with Crippen LogP contribution in [0.2, 0.25) is 0 Å². The Balaban J connectivity index is 1.63. The molecule has 146 valence electrons.